The fraction of sp³-hybridized carbons (Fsp3) is 0.533. The number of benzene rings is 1. The molecule has 104 valence electrons. The van der Waals surface area contributed by atoms with E-state index in [1.165, 1.54) is 6.07 Å². The molecular weight excluding hydrogens is 243 g/mol. The minimum Gasteiger partial charge on any atom is -0.354 e. The van der Waals surface area contributed by atoms with Crippen molar-refractivity contribution < 1.29 is 9.18 Å². The third-order valence-electron chi connectivity index (χ3n) is 3.87. The van der Waals surface area contributed by atoms with Gasteiger partial charge in [-0.25, -0.2) is 4.39 Å². The van der Waals surface area contributed by atoms with Gasteiger partial charge in [-0.1, -0.05) is 26.0 Å². The molecule has 19 heavy (non-hydrogen) atoms. The van der Waals surface area contributed by atoms with Gasteiger partial charge in [-0.2, -0.15) is 0 Å². The highest BCUT2D eigenvalue weighted by Gasteiger charge is 2.46. The van der Waals surface area contributed by atoms with E-state index in [1.807, 2.05) is 19.9 Å². The van der Waals surface area contributed by atoms with Crippen molar-refractivity contribution in [2.45, 2.75) is 44.6 Å². The molecule has 0 unspecified atom stereocenters. The van der Waals surface area contributed by atoms with Crippen LogP contribution in [0.25, 0.3) is 0 Å². The van der Waals surface area contributed by atoms with Crippen LogP contribution in [0, 0.1) is 12.7 Å². The lowest BCUT2D eigenvalue weighted by molar-refractivity contribution is -0.123. The van der Waals surface area contributed by atoms with Crippen molar-refractivity contribution in [2.75, 3.05) is 6.54 Å². The van der Waals surface area contributed by atoms with Crippen LogP contribution >= 0.6 is 0 Å². The topological polar surface area (TPSA) is 55.1 Å². The van der Waals surface area contributed by atoms with Crippen LogP contribution in [0.4, 0.5) is 4.39 Å². The summed E-state index contributed by atoms with van der Waals surface area (Å²) in [5, 5.41) is 2.90. The molecule has 0 spiro atoms. The standard InChI is InChI=1S/C15H21FN2O/c1-10-8-11(4-5-12(10)16)14(2,3)9-18-13(19)15(17)6-7-15/h4-5,8H,6-7,9,17H2,1-3H3,(H,18,19). The van der Waals surface area contributed by atoms with Crippen molar-refractivity contribution in [1.82, 2.24) is 5.32 Å². The first kappa shape index (κ1) is 14.0. The van der Waals surface area contributed by atoms with E-state index in [9.17, 15) is 9.18 Å². The van der Waals surface area contributed by atoms with Gasteiger partial charge in [0.15, 0.2) is 0 Å². The molecular formula is C15H21FN2O. The molecule has 3 N–H and O–H groups in total. The van der Waals surface area contributed by atoms with E-state index in [2.05, 4.69) is 5.32 Å². The number of nitrogens with one attached hydrogen (secondary N) is 1. The largest absolute Gasteiger partial charge is 0.354 e. The van der Waals surface area contributed by atoms with Crippen molar-refractivity contribution in [3.05, 3.63) is 35.1 Å². The first-order valence-corrected chi connectivity index (χ1v) is 6.58. The van der Waals surface area contributed by atoms with E-state index in [0.29, 0.717) is 12.1 Å². The molecule has 1 aliphatic carbocycles. The summed E-state index contributed by atoms with van der Waals surface area (Å²) in [7, 11) is 0. The molecule has 2 rings (SSSR count). The summed E-state index contributed by atoms with van der Waals surface area (Å²) in [6.45, 7) is 6.29. The fourth-order valence-corrected chi connectivity index (χ4v) is 2.01. The highest BCUT2D eigenvalue weighted by atomic mass is 19.1. The van der Waals surface area contributed by atoms with Gasteiger partial charge in [0, 0.05) is 12.0 Å². The van der Waals surface area contributed by atoms with Gasteiger partial charge in [-0.15, -0.1) is 0 Å². The Labute approximate surface area is 113 Å². The Hall–Kier alpha value is -1.42. The molecule has 0 saturated heterocycles. The van der Waals surface area contributed by atoms with Crippen molar-refractivity contribution in [3.8, 4) is 0 Å². The van der Waals surface area contributed by atoms with Crippen molar-refractivity contribution in [1.29, 1.82) is 0 Å². The van der Waals surface area contributed by atoms with Gasteiger partial charge >= 0.3 is 0 Å². The summed E-state index contributed by atoms with van der Waals surface area (Å²) in [5.74, 6) is -0.290. The first-order valence-electron chi connectivity index (χ1n) is 6.58. The molecule has 0 aromatic heterocycles. The zero-order chi connectivity index (χ0) is 14.3. The van der Waals surface area contributed by atoms with E-state index in [4.69, 9.17) is 5.73 Å². The Kier molecular flexibility index (Phi) is 3.39. The van der Waals surface area contributed by atoms with Crippen LogP contribution in [0.5, 0.6) is 0 Å². The van der Waals surface area contributed by atoms with E-state index in [1.54, 1.807) is 13.0 Å². The third-order valence-corrected chi connectivity index (χ3v) is 3.87. The lowest BCUT2D eigenvalue weighted by Gasteiger charge is -2.27. The van der Waals surface area contributed by atoms with Crippen LogP contribution < -0.4 is 11.1 Å². The molecule has 1 amide bonds. The van der Waals surface area contributed by atoms with Gasteiger partial charge in [0.05, 0.1) is 5.54 Å². The SMILES string of the molecule is Cc1cc(C(C)(C)CNC(=O)C2(N)CC2)ccc1F. The second-order valence-electron chi connectivity index (χ2n) is 6.19. The maximum atomic E-state index is 13.3. The van der Waals surface area contributed by atoms with Crippen LogP contribution in [0.15, 0.2) is 18.2 Å². The van der Waals surface area contributed by atoms with Crippen LogP contribution in [-0.2, 0) is 10.2 Å². The summed E-state index contributed by atoms with van der Waals surface area (Å²) in [6.07, 6.45) is 1.52. The summed E-state index contributed by atoms with van der Waals surface area (Å²) < 4.78 is 13.3. The minimum atomic E-state index is -0.644. The van der Waals surface area contributed by atoms with Crippen LogP contribution in [0.2, 0.25) is 0 Å². The van der Waals surface area contributed by atoms with Gasteiger partial charge in [0.25, 0.3) is 0 Å². The monoisotopic (exact) mass is 264 g/mol. The highest BCUT2D eigenvalue weighted by molar-refractivity contribution is 5.89. The number of aryl methyl sites for hydroxylation is 1. The predicted molar refractivity (Wildman–Crippen MR) is 73.3 cm³/mol. The summed E-state index contributed by atoms with van der Waals surface area (Å²) in [6, 6.07) is 5.07. The molecule has 0 atom stereocenters. The van der Waals surface area contributed by atoms with Gasteiger partial charge < -0.3 is 11.1 Å². The number of rotatable bonds is 4. The molecule has 0 radical (unpaired) electrons. The minimum absolute atomic E-state index is 0.0839. The number of hydrogen-bond donors (Lipinski definition) is 2. The average molecular weight is 264 g/mol. The molecule has 1 aliphatic rings. The van der Waals surface area contributed by atoms with Gasteiger partial charge in [-0.05, 0) is 37.0 Å². The first-order chi connectivity index (χ1) is 8.74. The van der Waals surface area contributed by atoms with Gasteiger partial charge in [0.2, 0.25) is 5.91 Å². The number of amides is 1. The molecule has 3 nitrogen and oxygen atoms in total. The van der Waals surface area contributed by atoms with Crippen molar-refractivity contribution in [2.24, 2.45) is 5.73 Å². The average Bonchev–Trinajstić information content (AvgIpc) is 3.09. The van der Waals surface area contributed by atoms with Gasteiger partial charge in [-0.3, -0.25) is 4.79 Å². The lowest BCUT2D eigenvalue weighted by Crippen LogP contribution is -2.46. The van der Waals surface area contributed by atoms with E-state index < -0.39 is 5.54 Å². The maximum absolute atomic E-state index is 13.3. The van der Waals surface area contributed by atoms with Crippen LogP contribution in [0.3, 0.4) is 0 Å². The highest BCUT2D eigenvalue weighted by Crippen LogP contribution is 2.32. The molecule has 1 aromatic carbocycles. The molecule has 1 fully saturated rings. The summed E-state index contributed by atoms with van der Waals surface area (Å²) in [4.78, 5) is 11.8. The Morgan fingerprint density at radius 2 is 2.11 bits per heavy atom. The fourth-order valence-electron chi connectivity index (χ4n) is 2.01. The van der Waals surface area contributed by atoms with Gasteiger partial charge in [0.1, 0.15) is 5.82 Å². The zero-order valence-electron chi connectivity index (χ0n) is 11.7. The molecule has 4 heteroatoms. The molecule has 1 saturated carbocycles. The number of halogens is 1. The second kappa shape index (κ2) is 4.60. The summed E-state index contributed by atoms with van der Waals surface area (Å²) >= 11 is 0. The van der Waals surface area contributed by atoms with E-state index in [-0.39, 0.29) is 17.1 Å². The van der Waals surface area contributed by atoms with E-state index >= 15 is 0 Å². The van der Waals surface area contributed by atoms with E-state index in [0.717, 1.165) is 18.4 Å². The Morgan fingerprint density at radius 1 is 1.47 bits per heavy atom. The molecule has 0 aliphatic heterocycles. The summed E-state index contributed by atoms with van der Waals surface area (Å²) in [5.41, 5.74) is 6.57. The molecule has 0 heterocycles. The number of carbonyl (C=O) groups is 1. The van der Waals surface area contributed by atoms with Crippen LogP contribution in [-0.4, -0.2) is 18.0 Å². The van der Waals surface area contributed by atoms with Crippen LogP contribution in [0.1, 0.15) is 37.8 Å². The number of nitrogens with two attached hydrogens (primary N) is 1. The third kappa shape index (κ3) is 2.95. The molecule has 0 bridgehead atoms. The smallest absolute Gasteiger partial charge is 0.240 e. The second-order valence-corrected chi connectivity index (χ2v) is 6.19. The quantitative estimate of drug-likeness (QED) is 0.874. The number of carbonyl (C=O) groups excluding carboxylic acids is 1. The zero-order valence-corrected chi connectivity index (χ0v) is 11.7. The molecule has 1 aromatic rings. The Morgan fingerprint density at radius 3 is 2.63 bits per heavy atom. The number of hydrogen-bond acceptors (Lipinski definition) is 2. The lowest BCUT2D eigenvalue weighted by atomic mass is 9.83. The normalized spacial score (nSPS) is 17.1. The Balaban J connectivity index is 2.04. The van der Waals surface area contributed by atoms with Crippen molar-refractivity contribution in [3.63, 3.8) is 0 Å². The van der Waals surface area contributed by atoms with Crippen molar-refractivity contribution >= 4 is 5.91 Å². The predicted octanol–water partition coefficient (Wildman–Crippen LogP) is 2.02. The Bertz CT molecular complexity index is 507. The maximum Gasteiger partial charge on any atom is 0.240 e.